The van der Waals surface area contributed by atoms with E-state index < -0.39 is 5.92 Å². The fourth-order valence-electron chi connectivity index (χ4n) is 3.32. The number of halogens is 1. The fraction of sp³-hybridized carbons (Fsp3) is 0.182. The van der Waals surface area contributed by atoms with Crippen molar-refractivity contribution >= 4 is 34.8 Å². The Kier molecular flexibility index (Phi) is 5.27. The van der Waals surface area contributed by atoms with Crippen LogP contribution < -0.4 is 10.2 Å². The Hall–Kier alpha value is -3.25. The van der Waals surface area contributed by atoms with Gasteiger partial charge in [-0.2, -0.15) is 0 Å². The number of aryl methyl sites for hydroxylation is 1. The van der Waals surface area contributed by atoms with Crippen LogP contribution in [-0.2, 0) is 9.59 Å². The molecule has 1 unspecified atom stereocenters. The Balaban J connectivity index is 1.43. The number of anilines is 2. The monoisotopic (exact) mass is 406 g/mol. The quantitative estimate of drug-likeness (QED) is 0.662. The fourth-order valence-corrected chi connectivity index (χ4v) is 3.45. The molecule has 7 heteroatoms. The highest BCUT2D eigenvalue weighted by atomic mass is 35.5. The predicted molar refractivity (Wildman–Crippen MR) is 113 cm³/mol. The van der Waals surface area contributed by atoms with E-state index in [1.54, 1.807) is 47.5 Å². The van der Waals surface area contributed by atoms with E-state index in [4.69, 9.17) is 11.6 Å². The maximum absolute atomic E-state index is 12.7. The van der Waals surface area contributed by atoms with E-state index in [0.717, 1.165) is 16.9 Å². The highest BCUT2D eigenvalue weighted by Gasteiger charge is 2.37. The van der Waals surface area contributed by atoms with Gasteiger partial charge >= 0.3 is 0 Å². The van der Waals surface area contributed by atoms with Crippen molar-refractivity contribution in [2.24, 2.45) is 5.92 Å². The number of nitrogens with one attached hydrogen (secondary N) is 1. The van der Waals surface area contributed by atoms with Crippen molar-refractivity contribution in [3.05, 3.63) is 71.5 Å². The van der Waals surface area contributed by atoms with Crippen LogP contribution in [0.25, 0.3) is 11.4 Å². The van der Waals surface area contributed by atoms with Crippen LogP contribution in [0.15, 0.2) is 60.8 Å². The Morgan fingerprint density at radius 3 is 2.52 bits per heavy atom. The van der Waals surface area contributed by atoms with Gasteiger partial charge in [-0.3, -0.25) is 9.59 Å². The van der Waals surface area contributed by atoms with Crippen molar-refractivity contribution < 1.29 is 9.59 Å². The molecule has 1 saturated heterocycles. The van der Waals surface area contributed by atoms with Gasteiger partial charge in [0.25, 0.3) is 0 Å². The molecule has 29 heavy (non-hydrogen) atoms. The number of hydrogen-bond acceptors (Lipinski definition) is 4. The molecule has 0 radical (unpaired) electrons. The molecule has 2 aromatic carbocycles. The smallest absolute Gasteiger partial charge is 0.239 e. The first-order chi connectivity index (χ1) is 14.0. The summed E-state index contributed by atoms with van der Waals surface area (Å²) in [6, 6.07) is 16.1. The molecule has 1 aliphatic heterocycles. The molecule has 1 N–H and O–H groups in total. The van der Waals surface area contributed by atoms with E-state index in [1.165, 1.54) is 0 Å². The van der Waals surface area contributed by atoms with E-state index >= 15 is 0 Å². The van der Waals surface area contributed by atoms with Gasteiger partial charge in [-0.15, -0.1) is 0 Å². The van der Waals surface area contributed by atoms with Crippen LogP contribution in [-0.4, -0.2) is 28.3 Å². The summed E-state index contributed by atoms with van der Waals surface area (Å²) >= 11 is 5.91. The SMILES string of the molecule is Cc1ccnc(-c2ccc(NC(=O)C3CCN(c4ccc(Cl)cc4)C3=O)cc2)n1. The summed E-state index contributed by atoms with van der Waals surface area (Å²) in [6.07, 6.45) is 2.19. The summed E-state index contributed by atoms with van der Waals surface area (Å²) in [6.45, 7) is 2.41. The Morgan fingerprint density at radius 2 is 1.83 bits per heavy atom. The van der Waals surface area contributed by atoms with Crippen LogP contribution in [0.5, 0.6) is 0 Å². The van der Waals surface area contributed by atoms with Gasteiger partial charge < -0.3 is 10.2 Å². The number of carbonyl (C=O) groups excluding carboxylic acids is 2. The van der Waals surface area contributed by atoms with Crippen LogP contribution in [0.2, 0.25) is 5.02 Å². The van der Waals surface area contributed by atoms with E-state index in [-0.39, 0.29) is 11.8 Å². The molecule has 0 aliphatic carbocycles. The molecule has 0 bridgehead atoms. The van der Waals surface area contributed by atoms with Crippen molar-refractivity contribution in [1.82, 2.24) is 9.97 Å². The Labute approximate surface area is 173 Å². The minimum absolute atomic E-state index is 0.199. The van der Waals surface area contributed by atoms with E-state index in [1.807, 2.05) is 25.1 Å². The third kappa shape index (κ3) is 4.12. The van der Waals surface area contributed by atoms with Crippen molar-refractivity contribution in [2.45, 2.75) is 13.3 Å². The summed E-state index contributed by atoms with van der Waals surface area (Å²) < 4.78 is 0. The van der Waals surface area contributed by atoms with Gasteiger partial charge in [0, 0.05) is 40.4 Å². The minimum Gasteiger partial charge on any atom is -0.325 e. The van der Waals surface area contributed by atoms with Gasteiger partial charge in [-0.25, -0.2) is 9.97 Å². The second-order valence-electron chi connectivity index (χ2n) is 6.90. The minimum atomic E-state index is -0.703. The van der Waals surface area contributed by atoms with Crippen molar-refractivity contribution in [2.75, 3.05) is 16.8 Å². The second kappa shape index (κ2) is 8.01. The Morgan fingerprint density at radius 1 is 1.10 bits per heavy atom. The van der Waals surface area contributed by atoms with Crippen LogP contribution in [0.1, 0.15) is 12.1 Å². The number of nitrogens with zero attached hydrogens (tertiary/aromatic N) is 3. The molecular formula is C22H19ClN4O2. The number of amides is 2. The molecule has 0 saturated carbocycles. The van der Waals surface area contributed by atoms with Crippen LogP contribution in [0.4, 0.5) is 11.4 Å². The Bertz CT molecular complexity index is 1050. The average molecular weight is 407 g/mol. The maximum atomic E-state index is 12.7. The molecule has 4 rings (SSSR count). The van der Waals surface area contributed by atoms with Gasteiger partial charge in [0.05, 0.1) is 0 Å². The standard InChI is InChI=1S/C22H19ClN4O2/c1-14-10-12-24-20(25-14)15-2-6-17(7-3-15)26-21(28)19-11-13-27(22(19)29)18-8-4-16(23)5-9-18/h2-10,12,19H,11,13H2,1H3,(H,26,28). The number of hydrogen-bond donors (Lipinski definition) is 1. The number of rotatable bonds is 4. The molecule has 2 heterocycles. The van der Waals surface area contributed by atoms with Crippen molar-refractivity contribution in [3.63, 3.8) is 0 Å². The van der Waals surface area contributed by atoms with Gasteiger partial charge in [0.1, 0.15) is 5.92 Å². The lowest BCUT2D eigenvalue weighted by molar-refractivity contribution is -0.129. The lowest BCUT2D eigenvalue weighted by Gasteiger charge is -2.17. The lowest BCUT2D eigenvalue weighted by atomic mass is 10.1. The third-order valence-corrected chi connectivity index (χ3v) is 5.12. The molecular weight excluding hydrogens is 388 g/mol. The van der Waals surface area contributed by atoms with Crippen LogP contribution >= 0.6 is 11.6 Å². The summed E-state index contributed by atoms with van der Waals surface area (Å²) in [7, 11) is 0. The molecule has 6 nitrogen and oxygen atoms in total. The zero-order valence-corrected chi connectivity index (χ0v) is 16.6. The lowest BCUT2D eigenvalue weighted by Crippen LogP contribution is -2.33. The van der Waals surface area contributed by atoms with Gasteiger partial charge in [0.15, 0.2) is 5.82 Å². The van der Waals surface area contributed by atoms with E-state index in [2.05, 4.69) is 15.3 Å². The average Bonchev–Trinajstić information content (AvgIpc) is 3.11. The molecule has 1 atom stereocenters. The van der Waals surface area contributed by atoms with Crippen LogP contribution in [0.3, 0.4) is 0 Å². The highest BCUT2D eigenvalue weighted by molar-refractivity contribution is 6.30. The highest BCUT2D eigenvalue weighted by Crippen LogP contribution is 2.27. The van der Waals surface area contributed by atoms with E-state index in [0.29, 0.717) is 29.5 Å². The molecule has 1 aliphatic rings. The predicted octanol–water partition coefficient (Wildman–Crippen LogP) is 4.10. The molecule has 2 amide bonds. The first-order valence-corrected chi connectivity index (χ1v) is 9.67. The normalized spacial score (nSPS) is 16.1. The van der Waals surface area contributed by atoms with Gasteiger partial charge in [0.2, 0.25) is 11.8 Å². The topological polar surface area (TPSA) is 75.2 Å². The first-order valence-electron chi connectivity index (χ1n) is 9.29. The van der Waals surface area contributed by atoms with Gasteiger partial charge in [-0.05, 0) is 67.9 Å². The summed E-state index contributed by atoms with van der Waals surface area (Å²) in [5.41, 5.74) is 3.12. The van der Waals surface area contributed by atoms with Crippen LogP contribution in [0, 0.1) is 12.8 Å². The number of benzene rings is 2. The molecule has 0 spiro atoms. The zero-order valence-electron chi connectivity index (χ0n) is 15.8. The van der Waals surface area contributed by atoms with Crippen molar-refractivity contribution in [1.29, 1.82) is 0 Å². The van der Waals surface area contributed by atoms with E-state index in [9.17, 15) is 9.59 Å². The molecule has 3 aromatic rings. The molecule has 1 aromatic heterocycles. The number of carbonyl (C=O) groups is 2. The summed E-state index contributed by atoms with van der Waals surface area (Å²) in [5.74, 6) is -0.571. The van der Waals surface area contributed by atoms with Gasteiger partial charge in [-0.1, -0.05) is 11.6 Å². The third-order valence-electron chi connectivity index (χ3n) is 4.87. The second-order valence-corrected chi connectivity index (χ2v) is 7.33. The maximum Gasteiger partial charge on any atom is 0.239 e. The number of aromatic nitrogens is 2. The summed E-state index contributed by atoms with van der Waals surface area (Å²) in [4.78, 5) is 35.6. The molecule has 1 fully saturated rings. The summed E-state index contributed by atoms with van der Waals surface area (Å²) in [5, 5.41) is 3.44. The zero-order chi connectivity index (χ0) is 20.4. The van der Waals surface area contributed by atoms with Crippen molar-refractivity contribution in [3.8, 4) is 11.4 Å². The first kappa shape index (κ1) is 19.1. The molecule has 146 valence electrons. The largest absolute Gasteiger partial charge is 0.325 e.